The largest absolute Gasteiger partial charge is 0.359 e. The topological polar surface area (TPSA) is 65.5 Å². The Morgan fingerprint density at radius 3 is 2.50 bits per heavy atom. The van der Waals surface area contributed by atoms with Crippen molar-refractivity contribution in [2.24, 2.45) is 10.4 Å². The molecule has 1 aromatic rings. The molecule has 1 rings (SSSR count). The van der Waals surface area contributed by atoms with Gasteiger partial charge in [0.2, 0.25) is 5.91 Å². The van der Waals surface area contributed by atoms with Crippen LogP contribution in [0.15, 0.2) is 23.2 Å². The SMILES string of the molecule is CN=C(NCc1ccc(Cl)cc1Cl)NCC(C)(C)C(=O)NC. The minimum Gasteiger partial charge on any atom is -0.359 e. The van der Waals surface area contributed by atoms with Gasteiger partial charge in [-0.25, -0.2) is 0 Å². The van der Waals surface area contributed by atoms with Gasteiger partial charge in [0.15, 0.2) is 5.96 Å². The maximum Gasteiger partial charge on any atom is 0.227 e. The van der Waals surface area contributed by atoms with Crippen LogP contribution in [-0.2, 0) is 11.3 Å². The Kier molecular flexibility index (Phi) is 6.97. The lowest BCUT2D eigenvalue weighted by atomic mass is 9.92. The second-order valence-electron chi connectivity index (χ2n) is 5.48. The predicted octanol–water partition coefficient (Wildman–Crippen LogP) is 2.43. The van der Waals surface area contributed by atoms with Crippen LogP contribution in [0.3, 0.4) is 0 Å². The first-order valence-electron chi connectivity index (χ1n) is 6.91. The molecule has 0 fully saturated rings. The molecule has 1 amide bonds. The van der Waals surface area contributed by atoms with Gasteiger partial charge in [0.05, 0.1) is 5.41 Å². The lowest BCUT2D eigenvalue weighted by molar-refractivity contribution is -0.128. The van der Waals surface area contributed by atoms with Crippen LogP contribution >= 0.6 is 23.2 Å². The smallest absolute Gasteiger partial charge is 0.227 e. The summed E-state index contributed by atoms with van der Waals surface area (Å²) in [5.74, 6) is 0.569. The van der Waals surface area contributed by atoms with Gasteiger partial charge in [-0.3, -0.25) is 9.79 Å². The van der Waals surface area contributed by atoms with E-state index in [4.69, 9.17) is 23.2 Å². The number of nitrogens with zero attached hydrogens (tertiary/aromatic N) is 1. The van der Waals surface area contributed by atoms with Gasteiger partial charge in [0.1, 0.15) is 0 Å². The van der Waals surface area contributed by atoms with E-state index in [0.29, 0.717) is 29.1 Å². The number of halogens is 2. The number of carbonyl (C=O) groups is 1. The second-order valence-corrected chi connectivity index (χ2v) is 6.32. The summed E-state index contributed by atoms with van der Waals surface area (Å²) in [7, 11) is 3.30. The number of guanidine groups is 1. The quantitative estimate of drug-likeness (QED) is 0.567. The average Bonchev–Trinajstić information content (AvgIpc) is 2.48. The molecule has 0 aliphatic rings. The van der Waals surface area contributed by atoms with Gasteiger partial charge in [-0.1, -0.05) is 29.3 Å². The van der Waals surface area contributed by atoms with E-state index >= 15 is 0 Å². The number of rotatable bonds is 5. The minimum atomic E-state index is -0.537. The zero-order valence-electron chi connectivity index (χ0n) is 13.3. The average molecular weight is 345 g/mol. The summed E-state index contributed by atoms with van der Waals surface area (Å²) >= 11 is 12.0. The molecule has 0 unspecified atom stereocenters. The van der Waals surface area contributed by atoms with Gasteiger partial charge < -0.3 is 16.0 Å². The lowest BCUT2D eigenvalue weighted by Crippen LogP contribution is -2.47. The Morgan fingerprint density at radius 2 is 1.95 bits per heavy atom. The molecule has 0 radical (unpaired) electrons. The van der Waals surface area contributed by atoms with Gasteiger partial charge in [-0.05, 0) is 31.5 Å². The number of amides is 1. The summed E-state index contributed by atoms with van der Waals surface area (Å²) in [6.07, 6.45) is 0. The molecule has 22 heavy (non-hydrogen) atoms. The van der Waals surface area contributed by atoms with Crippen LogP contribution in [0.2, 0.25) is 10.0 Å². The third-order valence-corrected chi connectivity index (χ3v) is 3.81. The van der Waals surface area contributed by atoms with E-state index in [1.54, 1.807) is 26.2 Å². The first-order chi connectivity index (χ1) is 10.3. The number of hydrogen-bond acceptors (Lipinski definition) is 2. The van der Waals surface area contributed by atoms with Crippen molar-refractivity contribution in [2.75, 3.05) is 20.6 Å². The first kappa shape index (κ1) is 18.6. The third-order valence-electron chi connectivity index (χ3n) is 3.22. The van der Waals surface area contributed by atoms with E-state index < -0.39 is 5.41 Å². The molecule has 0 bridgehead atoms. The van der Waals surface area contributed by atoms with E-state index in [0.717, 1.165) is 5.56 Å². The molecule has 0 saturated heterocycles. The summed E-state index contributed by atoms with van der Waals surface area (Å²) in [6, 6.07) is 5.35. The normalized spacial score (nSPS) is 12.0. The Labute approximate surface area is 141 Å². The predicted molar refractivity (Wildman–Crippen MR) is 92.5 cm³/mol. The van der Waals surface area contributed by atoms with Gasteiger partial charge in [0.25, 0.3) is 0 Å². The Bertz CT molecular complexity index is 558. The van der Waals surface area contributed by atoms with Crippen molar-refractivity contribution in [2.45, 2.75) is 20.4 Å². The molecule has 0 aliphatic heterocycles. The standard InChI is InChI=1S/C15H22Cl2N4O/c1-15(2,13(22)18-3)9-21-14(19-4)20-8-10-5-6-11(16)7-12(10)17/h5-7H,8-9H2,1-4H3,(H,18,22)(H2,19,20,21). The van der Waals surface area contributed by atoms with Crippen LogP contribution in [0.25, 0.3) is 0 Å². The highest BCUT2D eigenvalue weighted by Gasteiger charge is 2.26. The molecule has 0 atom stereocenters. The molecule has 0 aromatic heterocycles. The molecule has 3 N–H and O–H groups in total. The highest BCUT2D eigenvalue weighted by atomic mass is 35.5. The number of carbonyl (C=O) groups excluding carboxylic acids is 1. The van der Waals surface area contributed by atoms with Crippen molar-refractivity contribution in [3.05, 3.63) is 33.8 Å². The Balaban J connectivity index is 2.58. The van der Waals surface area contributed by atoms with Gasteiger partial charge in [0, 0.05) is 37.2 Å². The fourth-order valence-electron chi connectivity index (χ4n) is 1.79. The summed E-state index contributed by atoms with van der Waals surface area (Å²) in [5, 5.41) is 10.1. The molecular formula is C15H22Cl2N4O. The van der Waals surface area contributed by atoms with Crippen molar-refractivity contribution in [1.82, 2.24) is 16.0 Å². The van der Waals surface area contributed by atoms with Crippen molar-refractivity contribution in [3.63, 3.8) is 0 Å². The fraction of sp³-hybridized carbons (Fsp3) is 0.467. The van der Waals surface area contributed by atoms with Gasteiger partial charge in [-0.2, -0.15) is 0 Å². The minimum absolute atomic E-state index is 0.0313. The molecule has 7 heteroatoms. The van der Waals surface area contributed by atoms with Crippen LogP contribution in [0.4, 0.5) is 0 Å². The molecule has 122 valence electrons. The second kappa shape index (κ2) is 8.25. The van der Waals surface area contributed by atoms with Gasteiger partial charge in [-0.15, -0.1) is 0 Å². The summed E-state index contributed by atoms with van der Waals surface area (Å²) in [6.45, 7) is 4.70. The molecule has 0 saturated carbocycles. The molecule has 0 spiro atoms. The summed E-state index contributed by atoms with van der Waals surface area (Å²) in [4.78, 5) is 15.9. The summed E-state index contributed by atoms with van der Waals surface area (Å²) in [5.41, 5.74) is 0.379. The fourth-order valence-corrected chi connectivity index (χ4v) is 2.26. The zero-order valence-corrected chi connectivity index (χ0v) is 14.8. The number of hydrogen-bond donors (Lipinski definition) is 3. The Morgan fingerprint density at radius 1 is 1.27 bits per heavy atom. The van der Waals surface area contributed by atoms with Crippen LogP contribution in [0, 0.1) is 5.41 Å². The molecule has 0 aliphatic carbocycles. The molecule has 0 heterocycles. The van der Waals surface area contributed by atoms with Gasteiger partial charge >= 0.3 is 0 Å². The van der Waals surface area contributed by atoms with E-state index in [1.807, 2.05) is 19.9 Å². The van der Waals surface area contributed by atoms with Crippen LogP contribution in [0.1, 0.15) is 19.4 Å². The third kappa shape index (κ3) is 5.39. The van der Waals surface area contributed by atoms with E-state index in [2.05, 4.69) is 20.9 Å². The highest BCUT2D eigenvalue weighted by Crippen LogP contribution is 2.20. The highest BCUT2D eigenvalue weighted by molar-refractivity contribution is 6.35. The maximum absolute atomic E-state index is 11.7. The number of benzene rings is 1. The van der Waals surface area contributed by atoms with Crippen molar-refractivity contribution < 1.29 is 4.79 Å². The van der Waals surface area contributed by atoms with E-state index in [1.165, 1.54) is 0 Å². The summed E-state index contributed by atoms with van der Waals surface area (Å²) < 4.78 is 0. The van der Waals surface area contributed by atoms with Crippen molar-refractivity contribution in [3.8, 4) is 0 Å². The van der Waals surface area contributed by atoms with E-state index in [9.17, 15) is 4.79 Å². The molecular weight excluding hydrogens is 323 g/mol. The van der Waals surface area contributed by atoms with E-state index in [-0.39, 0.29) is 5.91 Å². The van der Waals surface area contributed by atoms with Crippen molar-refractivity contribution >= 4 is 35.1 Å². The van der Waals surface area contributed by atoms with Crippen LogP contribution in [0.5, 0.6) is 0 Å². The number of aliphatic imine (C=N–C) groups is 1. The first-order valence-corrected chi connectivity index (χ1v) is 7.66. The molecule has 5 nitrogen and oxygen atoms in total. The molecule has 1 aromatic carbocycles. The Hall–Kier alpha value is -1.46. The maximum atomic E-state index is 11.7. The zero-order chi connectivity index (χ0) is 16.8. The van der Waals surface area contributed by atoms with Crippen LogP contribution in [-0.4, -0.2) is 32.5 Å². The monoisotopic (exact) mass is 344 g/mol. The number of nitrogens with one attached hydrogen (secondary N) is 3. The van der Waals surface area contributed by atoms with Crippen LogP contribution < -0.4 is 16.0 Å². The van der Waals surface area contributed by atoms with Crippen molar-refractivity contribution in [1.29, 1.82) is 0 Å². The lowest BCUT2D eigenvalue weighted by Gasteiger charge is -2.24.